The molecule has 23 heavy (non-hydrogen) atoms. The highest BCUT2D eigenvalue weighted by molar-refractivity contribution is 9.10. The summed E-state index contributed by atoms with van der Waals surface area (Å²) in [6, 6.07) is 11.1. The van der Waals surface area contributed by atoms with Gasteiger partial charge in [-0.3, -0.25) is 0 Å². The van der Waals surface area contributed by atoms with Gasteiger partial charge in [0.2, 0.25) is 0 Å². The summed E-state index contributed by atoms with van der Waals surface area (Å²) in [7, 11) is 0. The van der Waals surface area contributed by atoms with Crippen molar-refractivity contribution in [2.24, 2.45) is 0 Å². The molecule has 1 aromatic heterocycles. The Balaban J connectivity index is 2.35. The van der Waals surface area contributed by atoms with E-state index >= 15 is 0 Å². The van der Waals surface area contributed by atoms with Gasteiger partial charge in [0.1, 0.15) is 5.82 Å². The third-order valence-corrected chi connectivity index (χ3v) is 4.17. The van der Waals surface area contributed by atoms with Crippen LogP contribution in [0.1, 0.15) is 22.8 Å². The molecule has 0 saturated carbocycles. The Bertz CT molecular complexity index is 907. The van der Waals surface area contributed by atoms with Crippen LogP contribution in [0.4, 0.5) is 4.39 Å². The second kappa shape index (κ2) is 6.08. The van der Waals surface area contributed by atoms with Crippen LogP contribution in [-0.4, -0.2) is 16.1 Å². The highest BCUT2D eigenvalue weighted by Crippen LogP contribution is 2.30. The average Bonchev–Trinajstić information content (AvgIpc) is 2.53. The van der Waals surface area contributed by atoms with Gasteiger partial charge in [-0.2, -0.15) is 0 Å². The number of hydrogen-bond acceptors (Lipinski definition) is 2. The maximum absolute atomic E-state index is 13.1. The number of carboxylic acid groups (broad SMARTS) is 1. The maximum Gasteiger partial charge on any atom is 0.336 e. The average molecular weight is 374 g/mol. The topological polar surface area (TPSA) is 50.2 Å². The molecule has 3 nitrogen and oxygen atoms in total. The highest BCUT2D eigenvalue weighted by atomic mass is 79.9. The fraction of sp³-hybridized carbons (Fsp3) is 0.111. The summed E-state index contributed by atoms with van der Waals surface area (Å²) in [4.78, 5) is 16.3. The van der Waals surface area contributed by atoms with Gasteiger partial charge in [-0.05, 0) is 54.4 Å². The van der Waals surface area contributed by atoms with Crippen LogP contribution in [0.5, 0.6) is 0 Å². The number of aromatic carboxylic acids is 1. The number of hydrogen-bond donors (Lipinski definition) is 1. The van der Waals surface area contributed by atoms with E-state index in [4.69, 9.17) is 0 Å². The Kier molecular flexibility index (Phi) is 4.13. The van der Waals surface area contributed by atoms with Crippen molar-refractivity contribution in [3.63, 3.8) is 0 Å². The van der Waals surface area contributed by atoms with Gasteiger partial charge in [-0.1, -0.05) is 22.9 Å². The molecular weight excluding hydrogens is 361 g/mol. The second-order valence-corrected chi connectivity index (χ2v) is 6.10. The number of rotatable bonds is 3. The molecule has 3 aromatic rings. The predicted molar refractivity (Wildman–Crippen MR) is 91.2 cm³/mol. The molecule has 0 saturated heterocycles. The minimum atomic E-state index is -1.01. The second-order valence-electron chi connectivity index (χ2n) is 5.18. The number of aromatic nitrogens is 1. The fourth-order valence-electron chi connectivity index (χ4n) is 2.58. The number of fused-ring (bicyclic) bond motifs is 1. The number of aryl methyl sites for hydroxylation is 1. The molecule has 0 unspecified atom stereocenters. The summed E-state index contributed by atoms with van der Waals surface area (Å²) < 4.78 is 13.9. The van der Waals surface area contributed by atoms with Gasteiger partial charge >= 0.3 is 5.97 Å². The van der Waals surface area contributed by atoms with Crippen LogP contribution in [0.2, 0.25) is 0 Å². The number of nitrogens with zero attached hydrogens (tertiary/aromatic N) is 1. The SMILES string of the molecule is CCc1cc(Br)cc2c(C(=O)O)cc(-c3ccc(F)cc3)nc12. The van der Waals surface area contributed by atoms with Crippen molar-refractivity contribution in [3.05, 3.63) is 63.9 Å². The number of benzene rings is 2. The van der Waals surface area contributed by atoms with E-state index in [-0.39, 0.29) is 11.4 Å². The van der Waals surface area contributed by atoms with Crippen LogP contribution >= 0.6 is 15.9 Å². The summed E-state index contributed by atoms with van der Waals surface area (Å²) in [6.45, 7) is 1.99. The molecule has 0 aliphatic carbocycles. The Morgan fingerprint density at radius 2 is 1.91 bits per heavy atom. The monoisotopic (exact) mass is 373 g/mol. The highest BCUT2D eigenvalue weighted by Gasteiger charge is 2.15. The van der Waals surface area contributed by atoms with E-state index < -0.39 is 5.97 Å². The van der Waals surface area contributed by atoms with Crippen molar-refractivity contribution in [2.75, 3.05) is 0 Å². The zero-order valence-electron chi connectivity index (χ0n) is 12.3. The Morgan fingerprint density at radius 3 is 2.52 bits per heavy atom. The van der Waals surface area contributed by atoms with Crippen LogP contribution < -0.4 is 0 Å². The van der Waals surface area contributed by atoms with Gasteiger partial charge in [-0.15, -0.1) is 0 Å². The molecule has 0 bridgehead atoms. The van der Waals surface area contributed by atoms with Crippen LogP contribution in [0.3, 0.4) is 0 Å². The lowest BCUT2D eigenvalue weighted by Crippen LogP contribution is -2.02. The Morgan fingerprint density at radius 1 is 1.22 bits per heavy atom. The number of carbonyl (C=O) groups is 1. The first-order valence-electron chi connectivity index (χ1n) is 7.12. The molecule has 3 rings (SSSR count). The van der Waals surface area contributed by atoms with Gasteiger partial charge in [0, 0.05) is 15.4 Å². The lowest BCUT2D eigenvalue weighted by atomic mass is 10.0. The van der Waals surface area contributed by atoms with E-state index in [1.54, 1.807) is 18.2 Å². The molecule has 116 valence electrons. The largest absolute Gasteiger partial charge is 0.478 e. The molecule has 0 amide bonds. The maximum atomic E-state index is 13.1. The predicted octanol–water partition coefficient (Wildman–Crippen LogP) is 5.06. The van der Waals surface area contributed by atoms with Gasteiger partial charge < -0.3 is 5.11 Å². The van der Waals surface area contributed by atoms with Crippen LogP contribution in [0, 0.1) is 5.82 Å². The lowest BCUT2D eigenvalue weighted by Gasteiger charge is -2.11. The first-order chi connectivity index (χ1) is 11.0. The van der Waals surface area contributed by atoms with Crippen molar-refractivity contribution >= 4 is 32.8 Å². The molecule has 1 heterocycles. The smallest absolute Gasteiger partial charge is 0.336 e. The summed E-state index contributed by atoms with van der Waals surface area (Å²) in [5, 5.41) is 10.1. The first-order valence-corrected chi connectivity index (χ1v) is 7.91. The molecule has 0 atom stereocenters. The van der Waals surface area contributed by atoms with E-state index in [0.29, 0.717) is 22.2 Å². The van der Waals surface area contributed by atoms with E-state index in [0.717, 1.165) is 16.5 Å². The van der Waals surface area contributed by atoms with Gasteiger partial charge in [-0.25, -0.2) is 14.2 Å². The molecule has 0 spiro atoms. The Labute approximate surface area is 140 Å². The summed E-state index contributed by atoms with van der Waals surface area (Å²) in [6.07, 6.45) is 0.731. The minimum Gasteiger partial charge on any atom is -0.478 e. The molecule has 0 aliphatic heterocycles. The van der Waals surface area contributed by atoms with Crippen molar-refractivity contribution in [1.82, 2.24) is 4.98 Å². The molecular formula is C18H13BrFNO2. The number of halogens is 2. The van der Waals surface area contributed by atoms with Crippen molar-refractivity contribution < 1.29 is 14.3 Å². The van der Waals surface area contributed by atoms with Crippen LogP contribution in [-0.2, 0) is 6.42 Å². The van der Waals surface area contributed by atoms with E-state index in [1.807, 2.05) is 13.0 Å². The molecule has 0 radical (unpaired) electrons. The number of carboxylic acids is 1. The minimum absolute atomic E-state index is 0.185. The fourth-order valence-corrected chi connectivity index (χ4v) is 3.08. The van der Waals surface area contributed by atoms with Crippen molar-refractivity contribution in [2.45, 2.75) is 13.3 Å². The standard InChI is InChI=1S/C18H13BrFNO2/c1-2-10-7-12(19)8-14-15(18(22)23)9-16(21-17(10)14)11-3-5-13(20)6-4-11/h3-9H,2H2,1H3,(H,22,23). The lowest BCUT2D eigenvalue weighted by molar-refractivity contribution is 0.0699. The zero-order chi connectivity index (χ0) is 16.6. The molecule has 0 aliphatic rings. The summed E-state index contributed by atoms with van der Waals surface area (Å²) in [5.41, 5.74) is 3.01. The van der Waals surface area contributed by atoms with E-state index in [1.165, 1.54) is 18.2 Å². The summed E-state index contributed by atoms with van der Waals surface area (Å²) in [5.74, 6) is -1.35. The molecule has 0 fully saturated rings. The van der Waals surface area contributed by atoms with E-state index in [2.05, 4.69) is 20.9 Å². The van der Waals surface area contributed by atoms with E-state index in [9.17, 15) is 14.3 Å². The van der Waals surface area contributed by atoms with Crippen LogP contribution in [0.15, 0.2) is 46.9 Å². The van der Waals surface area contributed by atoms with Crippen LogP contribution in [0.25, 0.3) is 22.2 Å². The molecule has 5 heteroatoms. The third-order valence-electron chi connectivity index (χ3n) is 3.71. The van der Waals surface area contributed by atoms with Gasteiger partial charge in [0.05, 0.1) is 16.8 Å². The van der Waals surface area contributed by atoms with Crippen molar-refractivity contribution in [1.29, 1.82) is 0 Å². The van der Waals surface area contributed by atoms with Gasteiger partial charge in [0.15, 0.2) is 0 Å². The molecule has 1 N–H and O–H groups in total. The molecule has 2 aromatic carbocycles. The number of pyridine rings is 1. The van der Waals surface area contributed by atoms with Crippen molar-refractivity contribution in [3.8, 4) is 11.3 Å². The third kappa shape index (κ3) is 2.97. The Hall–Kier alpha value is -2.27. The quantitative estimate of drug-likeness (QED) is 0.697. The van der Waals surface area contributed by atoms with Gasteiger partial charge in [0.25, 0.3) is 0 Å². The first kappa shape index (κ1) is 15.6. The zero-order valence-corrected chi connectivity index (χ0v) is 13.9. The normalized spacial score (nSPS) is 10.9. The summed E-state index contributed by atoms with van der Waals surface area (Å²) >= 11 is 3.42.